The molecular weight excluding hydrogens is 350 g/mol. The van der Waals surface area contributed by atoms with Crippen molar-refractivity contribution in [3.8, 4) is 0 Å². The summed E-state index contributed by atoms with van der Waals surface area (Å²) in [6, 6.07) is -0.876. The molecule has 2 heterocycles. The molecule has 2 aliphatic heterocycles. The first-order valence-electron chi connectivity index (χ1n) is 9.69. The van der Waals surface area contributed by atoms with Gasteiger partial charge in [-0.15, -0.1) is 0 Å². The second-order valence-electron chi connectivity index (χ2n) is 7.64. The monoisotopic (exact) mass is 379 g/mol. The second kappa shape index (κ2) is 8.71. The number of primary amides is 1. The predicted octanol–water partition coefficient (Wildman–Crippen LogP) is -1.42. The number of aliphatic hydroxyl groups excluding tert-OH is 1. The Morgan fingerprint density at radius 2 is 2.00 bits per heavy atom. The molecule has 0 aromatic heterocycles. The van der Waals surface area contributed by atoms with Crippen molar-refractivity contribution in [1.29, 1.82) is 0 Å². The Morgan fingerprint density at radius 3 is 2.70 bits per heavy atom. The minimum absolute atomic E-state index is 0.236. The highest BCUT2D eigenvalue weighted by Crippen LogP contribution is 2.35. The highest BCUT2D eigenvalue weighted by molar-refractivity contribution is 5.90. The first-order valence-corrected chi connectivity index (χ1v) is 9.69. The summed E-state index contributed by atoms with van der Waals surface area (Å²) < 4.78 is 0. The Balaban J connectivity index is 1.47. The molecular formula is C18H29N5O4. The third kappa shape index (κ3) is 4.98. The molecule has 9 nitrogen and oxygen atoms in total. The van der Waals surface area contributed by atoms with Gasteiger partial charge in [-0.2, -0.15) is 0 Å². The van der Waals surface area contributed by atoms with Crippen molar-refractivity contribution < 1.29 is 19.5 Å². The van der Waals surface area contributed by atoms with E-state index >= 15 is 0 Å². The van der Waals surface area contributed by atoms with E-state index in [2.05, 4.69) is 21.3 Å². The van der Waals surface area contributed by atoms with Crippen LogP contribution in [0.4, 0.5) is 0 Å². The lowest BCUT2D eigenvalue weighted by Crippen LogP contribution is -2.50. The van der Waals surface area contributed by atoms with E-state index in [4.69, 9.17) is 5.73 Å². The van der Waals surface area contributed by atoms with Crippen molar-refractivity contribution in [2.24, 2.45) is 11.7 Å². The summed E-state index contributed by atoms with van der Waals surface area (Å²) in [7, 11) is 0. The maximum Gasteiger partial charge on any atom is 0.240 e. The zero-order valence-electron chi connectivity index (χ0n) is 15.4. The first-order chi connectivity index (χ1) is 12.9. The number of hydrogen-bond acceptors (Lipinski definition) is 6. The number of hydrogen-bond donors (Lipinski definition) is 6. The minimum atomic E-state index is -0.797. The van der Waals surface area contributed by atoms with Gasteiger partial charge < -0.3 is 26.8 Å². The van der Waals surface area contributed by atoms with Gasteiger partial charge in [0.15, 0.2) is 0 Å². The van der Waals surface area contributed by atoms with Crippen LogP contribution in [0.2, 0.25) is 0 Å². The quantitative estimate of drug-likeness (QED) is 0.320. The third-order valence-corrected chi connectivity index (χ3v) is 5.71. The SMILES string of the molecule is NC(=O)[C@H](CC1=CNC2CCCCC12)NC(=O)CNC(=O)[C@@H]1CCC(O)N1. The number of rotatable bonds is 7. The smallest absolute Gasteiger partial charge is 0.240 e. The average Bonchev–Trinajstić information content (AvgIpc) is 3.26. The van der Waals surface area contributed by atoms with E-state index in [0.29, 0.717) is 31.2 Å². The fourth-order valence-electron chi connectivity index (χ4n) is 4.23. The number of amides is 3. The van der Waals surface area contributed by atoms with Crippen molar-refractivity contribution in [1.82, 2.24) is 21.3 Å². The van der Waals surface area contributed by atoms with Crippen LogP contribution in [0.25, 0.3) is 0 Å². The van der Waals surface area contributed by atoms with Crippen LogP contribution in [0.5, 0.6) is 0 Å². The third-order valence-electron chi connectivity index (χ3n) is 5.71. The Bertz CT molecular complexity index is 623. The number of fused-ring (bicyclic) bond motifs is 1. The van der Waals surface area contributed by atoms with E-state index in [1.165, 1.54) is 12.8 Å². The van der Waals surface area contributed by atoms with Crippen LogP contribution in [0.3, 0.4) is 0 Å². The number of nitrogens with two attached hydrogens (primary N) is 1. The Hall–Kier alpha value is -2.13. The molecule has 1 aliphatic carbocycles. The van der Waals surface area contributed by atoms with E-state index < -0.39 is 30.1 Å². The van der Waals surface area contributed by atoms with E-state index in [1.807, 2.05) is 6.20 Å². The van der Waals surface area contributed by atoms with Gasteiger partial charge in [0, 0.05) is 12.0 Å². The van der Waals surface area contributed by atoms with Gasteiger partial charge in [0.05, 0.1) is 12.6 Å². The summed E-state index contributed by atoms with van der Waals surface area (Å²) in [4.78, 5) is 35.9. The Kier molecular flexibility index (Phi) is 6.33. The molecule has 5 atom stereocenters. The van der Waals surface area contributed by atoms with Crippen LogP contribution in [0.15, 0.2) is 11.8 Å². The predicted molar refractivity (Wildman–Crippen MR) is 97.9 cm³/mol. The number of nitrogens with one attached hydrogen (secondary N) is 4. The summed E-state index contributed by atoms with van der Waals surface area (Å²) in [5, 5.41) is 20.6. The van der Waals surface area contributed by atoms with Gasteiger partial charge in [-0.1, -0.05) is 12.8 Å². The minimum Gasteiger partial charge on any atom is -0.388 e. The normalized spacial score (nSPS) is 30.6. The summed E-state index contributed by atoms with van der Waals surface area (Å²) >= 11 is 0. The molecule has 0 aromatic carbocycles. The van der Waals surface area contributed by atoms with Crippen molar-refractivity contribution >= 4 is 17.7 Å². The summed E-state index contributed by atoms with van der Waals surface area (Å²) in [5.74, 6) is -0.991. The van der Waals surface area contributed by atoms with Crippen LogP contribution in [0.1, 0.15) is 44.9 Å². The lowest BCUT2D eigenvalue weighted by atomic mass is 9.80. The molecule has 0 spiro atoms. The summed E-state index contributed by atoms with van der Waals surface area (Å²) in [6.45, 7) is -0.236. The maximum absolute atomic E-state index is 12.2. The molecule has 3 rings (SSSR count). The van der Waals surface area contributed by atoms with Gasteiger partial charge in [-0.3, -0.25) is 19.7 Å². The standard InChI is InChI=1S/C18H29N5O4/c19-17(26)14(7-10-8-20-12-4-2-1-3-11(10)12)23-16(25)9-21-18(27)13-5-6-15(24)22-13/h8,11-15,20,22,24H,1-7,9H2,(H2,19,26)(H,21,27)(H,23,25)/t11?,12?,13-,14-,15?/m0/s1. The number of carbonyl (C=O) groups is 3. The highest BCUT2D eigenvalue weighted by Gasteiger charge is 2.34. The Labute approximate surface area is 158 Å². The van der Waals surface area contributed by atoms with Crippen molar-refractivity contribution in [2.45, 2.75) is 69.3 Å². The van der Waals surface area contributed by atoms with E-state index in [9.17, 15) is 19.5 Å². The van der Waals surface area contributed by atoms with Crippen LogP contribution >= 0.6 is 0 Å². The van der Waals surface area contributed by atoms with Gasteiger partial charge in [-0.25, -0.2) is 0 Å². The molecule has 27 heavy (non-hydrogen) atoms. The number of carbonyl (C=O) groups excluding carboxylic acids is 3. The molecule has 7 N–H and O–H groups in total. The topological polar surface area (TPSA) is 146 Å². The summed E-state index contributed by atoms with van der Waals surface area (Å²) in [5.41, 5.74) is 6.60. The first kappa shape index (κ1) is 19.6. The highest BCUT2D eigenvalue weighted by atomic mass is 16.3. The van der Waals surface area contributed by atoms with Crippen molar-refractivity contribution in [3.63, 3.8) is 0 Å². The van der Waals surface area contributed by atoms with Gasteiger partial charge >= 0.3 is 0 Å². The number of aliphatic hydroxyl groups is 1. The molecule has 3 aliphatic rings. The van der Waals surface area contributed by atoms with Crippen molar-refractivity contribution in [2.75, 3.05) is 6.54 Å². The molecule has 9 heteroatoms. The molecule has 0 radical (unpaired) electrons. The lowest BCUT2D eigenvalue weighted by Gasteiger charge is -2.28. The molecule has 1 saturated carbocycles. The molecule has 150 valence electrons. The fourth-order valence-corrected chi connectivity index (χ4v) is 4.23. The average molecular weight is 379 g/mol. The van der Waals surface area contributed by atoms with Gasteiger partial charge in [-0.05, 0) is 43.9 Å². The van der Waals surface area contributed by atoms with E-state index in [-0.39, 0.29) is 12.5 Å². The van der Waals surface area contributed by atoms with E-state index in [1.54, 1.807) is 0 Å². The summed E-state index contributed by atoms with van der Waals surface area (Å²) in [6.07, 6.45) is 7.25. The van der Waals surface area contributed by atoms with Gasteiger partial charge in [0.2, 0.25) is 17.7 Å². The largest absolute Gasteiger partial charge is 0.388 e. The second-order valence-corrected chi connectivity index (χ2v) is 7.64. The van der Waals surface area contributed by atoms with E-state index in [0.717, 1.165) is 18.4 Å². The zero-order chi connectivity index (χ0) is 19.4. The molecule has 0 aromatic rings. The maximum atomic E-state index is 12.2. The van der Waals surface area contributed by atoms with Crippen LogP contribution in [0, 0.1) is 5.92 Å². The van der Waals surface area contributed by atoms with Crippen LogP contribution in [-0.4, -0.2) is 53.7 Å². The zero-order valence-corrected chi connectivity index (χ0v) is 15.4. The fraction of sp³-hybridized carbons (Fsp3) is 0.722. The van der Waals surface area contributed by atoms with Crippen LogP contribution in [-0.2, 0) is 14.4 Å². The van der Waals surface area contributed by atoms with Gasteiger partial charge in [0.25, 0.3) is 0 Å². The molecule has 0 bridgehead atoms. The Morgan fingerprint density at radius 1 is 1.22 bits per heavy atom. The van der Waals surface area contributed by atoms with Crippen LogP contribution < -0.4 is 27.0 Å². The lowest BCUT2D eigenvalue weighted by molar-refractivity contribution is -0.129. The van der Waals surface area contributed by atoms with Gasteiger partial charge in [0.1, 0.15) is 12.3 Å². The molecule has 3 amide bonds. The molecule has 3 unspecified atom stereocenters. The molecule has 1 saturated heterocycles. The molecule has 2 fully saturated rings. The van der Waals surface area contributed by atoms with Crippen molar-refractivity contribution in [3.05, 3.63) is 11.8 Å².